The van der Waals surface area contributed by atoms with Crippen LogP contribution < -0.4 is 5.32 Å². The van der Waals surface area contributed by atoms with E-state index < -0.39 is 0 Å². The molecule has 0 bridgehead atoms. The second-order valence-electron chi connectivity index (χ2n) is 4.89. The molecule has 2 aromatic heterocycles. The molecule has 0 aliphatic heterocycles. The number of anilines is 1. The van der Waals surface area contributed by atoms with E-state index in [4.69, 9.17) is 0 Å². The van der Waals surface area contributed by atoms with E-state index in [1.807, 2.05) is 22.8 Å². The summed E-state index contributed by atoms with van der Waals surface area (Å²) in [6.45, 7) is 0. The van der Waals surface area contributed by atoms with E-state index in [1.54, 1.807) is 0 Å². The van der Waals surface area contributed by atoms with Gasteiger partial charge in [-0.2, -0.15) is 4.98 Å². The molecule has 96 valence electrons. The van der Waals surface area contributed by atoms with Crippen LogP contribution in [0.15, 0.2) is 22.8 Å². The Bertz CT molecular complexity index is 529. The van der Waals surface area contributed by atoms with E-state index in [2.05, 4.69) is 31.3 Å². The highest BCUT2D eigenvalue weighted by molar-refractivity contribution is 9.10. The van der Waals surface area contributed by atoms with Crippen LogP contribution in [0.4, 0.5) is 5.95 Å². The van der Waals surface area contributed by atoms with Gasteiger partial charge in [-0.3, -0.25) is 0 Å². The summed E-state index contributed by atoms with van der Waals surface area (Å²) in [7, 11) is 0. The molecule has 1 fully saturated rings. The summed E-state index contributed by atoms with van der Waals surface area (Å²) in [6, 6.07) is 4.48. The van der Waals surface area contributed by atoms with Gasteiger partial charge in [-0.25, -0.2) is 4.52 Å². The van der Waals surface area contributed by atoms with Gasteiger partial charge in [-0.15, -0.1) is 5.10 Å². The molecule has 0 unspecified atom stereocenters. The van der Waals surface area contributed by atoms with Crippen molar-refractivity contribution in [3.63, 3.8) is 0 Å². The molecule has 0 spiro atoms. The number of hydrogen-bond donors (Lipinski definition) is 1. The molecule has 18 heavy (non-hydrogen) atoms. The molecule has 1 N–H and O–H groups in total. The SMILES string of the molecule is Brc1cccn2nc(NC3CCCCCC3)nc12. The summed E-state index contributed by atoms with van der Waals surface area (Å²) >= 11 is 3.50. The molecule has 2 heterocycles. The molecule has 3 rings (SSSR count). The Labute approximate surface area is 115 Å². The monoisotopic (exact) mass is 308 g/mol. The van der Waals surface area contributed by atoms with Gasteiger partial charge in [-0.05, 0) is 40.9 Å². The maximum atomic E-state index is 4.53. The Morgan fingerprint density at radius 1 is 1.22 bits per heavy atom. The molecule has 4 nitrogen and oxygen atoms in total. The Hall–Kier alpha value is -1.10. The zero-order valence-electron chi connectivity index (χ0n) is 10.3. The number of aromatic nitrogens is 3. The van der Waals surface area contributed by atoms with Crippen molar-refractivity contribution < 1.29 is 0 Å². The summed E-state index contributed by atoms with van der Waals surface area (Å²) in [5.41, 5.74) is 0.869. The fourth-order valence-electron chi connectivity index (χ4n) is 2.54. The Balaban J connectivity index is 1.79. The Morgan fingerprint density at radius 3 is 2.72 bits per heavy atom. The largest absolute Gasteiger partial charge is 0.350 e. The number of nitrogens with zero attached hydrogens (tertiary/aromatic N) is 3. The summed E-state index contributed by atoms with van der Waals surface area (Å²) < 4.78 is 2.79. The summed E-state index contributed by atoms with van der Waals surface area (Å²) in [4.78, 5) is 4.53. The number of hydrogen-bond acceptors (Lipinski definition) is 3. The van der Waals surface area contributed by atoms with Crippen molar-refractivity contribution in [2.45, 2.75) is 44.6 Å². The van der Waals surface area contributed by atoms with Gasteiger partial charge >= 0.3 is 0 Å². The lowest BCUT2D eigenvalue weighted by Gasteiger charge is -2.13. The van der Waals surface area contributed by atoms with E-state index in [9.17, 15) is 0 Å². The van der Waals surface area contributed by atoms with Crippen LogP contribution in [0.5, 0.6) is 0 Å². The van der Waals surface area contributed by atoms with Crippen molar-refractivity contribution in [1.82, 2.24) is 14.6 Å². The molecule has 2 aromatic rings. The van der Waals surface area contributed by atoms with Crippen LogP contribution in [-0.2, 0) is 0 Å². The second kappa shape index (κ2) is 5.26. The Kier molecular flexibility index (Phi) is 3.50. The molecular weight excluding hydrogens is 292 g/mol. The first-order chi connectivity index (χ1) is 8.83. The van der Waals surface area contributed by atoms with Crippen molar-refractivity contribution in [3.8, 4) is 0 Å². The first-order valence-electron chi connectivity index (χ1n) is 6.60. The molecule has 0 saturated heterocycles. The van der Waals surface area contributed by atoms with Gasteiger partial charge in [0.25, 0.3) is 0 Å². The minimum Gasteiger partial charge on any atom is -0.350 e. The van der Waals surface area contributed by atoms with E-state index in [0.717, 1.165) is 16.1 Å². The van der Waals surface area contributed by atoms with Crippen LogP contribution in [0.3, 0.4) is 0 Å². The number of nitrogens with one attached hydrogen (secondary N) is 1. The van der Waals surface area contributed by atoms with E-state index in [0.29, 0.717) is 6.04 Å². The van der Waals surface area contributed by atoms with E-state index in [1.165, 1.54) is 38.5 Å². The van der Waals surface area contributed by atoms with Crippen LogP contribution in [0.2, 0.25) is 0 Å². The van der Waals surface area contributed by atoms with Gasteiger partial charge in [0, 0.05) is 12.2 Å². The maximum absolute atomic E-state index is 4.53. The quantitative estimate of drug-likeness (QED) is 0.862. The molecule has 5 heteroatoms. The highest BCUT2D eigenvalue weighted by Gasteiger charge is 2.14. The lowest BCUT2D eigenvalue weighted by atomic mass is 10.1. The van der Waals surface area contributed by atoms with Gasteiger partial charge in [-0.1, -0.05) is 25.7 Å². The summed E-state index contributed by atoms with van der Waals surface area (Å²) in [5.74, 6) is 0.744. The average molecular weight is 309 g/mol. The number of halogens is 1. The van der Waals surface area contributed by atoms with Gasteiger partial charge in [0.2, 0.25) is 5.95 Å². The Morgan fingerprint density at radius 2 is 2.00 bits per heavy atom. The first kappa shape index (κ1) is 12.0. The van der Waals surface area contributed by atoms with Gasteiger partial charge in [0.15, 0.2) is 5.65 Å². The molecular formula is C13H17BrN4. The summed E-state index contributed by atoms with van der Waals surface area (Å²) in [5, 5.41) is 7.94. The van der Waals surface area contributed by atoms with Crippen LogP contribution >= 0.6 is 15.9 Å². The maximum Gasteiger partial charge on any atom is 0.243 e. The fourth-order valence-corrected chi connectivity index (χ4v) is 2.96. The van der Waals surface area contributed by atoms with E-state index in [-0.39, 0.29) is 0 Å². The molecule has 0 radical (unpaired) electrons. The lowest BCUT2D eigenvalue weighted by molar-refractivity contribution is 0.615. The highest BCUT2D eigenvalue weighted by Crippen LogP contribution is 2.21. The molecule has 1 aliphatic rings. The van der Waals surface area contributed by atoms with Crippen molar-refractivity contribution >= 4 is 27.5 Å². The van der Waals surface area contributed by atoms with Gasteiger partial charge < -0.3 is 5.32 Å². The third-order valence-corrected chi connectivity index (χ3v) is 4.12. The van der Waals surface area contributed by atoms with Crippen molar-refractivity contribution in [2.75, 3.05) is 5.32 Å². The average Bonchev–Trinajstić information content (AvgIpc) is 2.60. The summed E-state index contributed by atoms with van der Waals surface area (Å²) in [6.07, 6.45) is 9.74. The highest BCUT2D eigenvalue weighted by atomic mass is 79.9. The van der Waals surface area contributed by atoms with Crippen molar-refractivity contribution in [1.29, 1.82) is 0 Å². The molecule has 0 atom stereocenters. The van der Waals surface area contributed by atoms with Crippen LogP contribution in [0.25, 0.3) is 5.65 Å². The van der Waals surface area contributed by atoms with Crippen LogP contribution in [-0.4, -0.2) is 20.6 Å². The molecule has 0 aromatic carbocycles. The molecule has 1 aliphatic carbocycles. The van der Waals surface area contributed by atoms with Crippen LogP contribution in [0.1, 0.15) is 38.5 Å². The van der Waals surface area contributed by atoms with Crippen molar-refractivity contribution in [2.24, 2.45) is 0 Å². The lowest BCUT2D eigenvalue weighted by Crippen LogP contribution is -2.19. The minimum atomic E-state index is 0.531. The minimum absolute atomic E-state index is 0.531. The van der Waals surface area contributed by atoms with Crippen molar-refractivity contribution in [3.05, 3.63) is 22.8 Å². The standard InChI is InChI=1S/C13H17BrN4/c14-11-8-5-9-18-12(11)16-13(17-18)15-10-6-3-1-2-4-7-10/h5,8-10H,1-4,6-7H2,(H,15,17). The second-order valence-corrected chi connectivity index (χ2v) is 5.75. The molecule has 0 amide bonds. The third kappa shape index (κ3) is 2.51. The number of pyridine rings is 1. The predicted molar refractivity (Wildman–Crippen MR) is 75.8 cm³/mol. The topological polar surface area (TPSA) is 42.2 Å². The van der Waals surface area contributed by atoms with Crippen LogP contribution in [0, 0.1) is 0 Å². The fraction of sp³-hybridized carbons (Fsp3) is 0.538. The number of rotatable bonds is 2. The molecule has 1 saturated carbocycles. The van der Waals surface area contributed by atoms with Gasteiger partial charge in [0.1, 0.15) is 0 Å². The number of fused-ring (bicyclic) bond motifs is 1. The predicted octanol–water partition coefficient (Wildman–Crippen LogP) is 3.63. The first-order valence-corrected chi connectivity index (χ1v) is 7.40. The normalized spacial score (nSPS) is 17.8. The zero-order chi connectivity index (χ0) is 12.4. The zero-order valence-corrected chi connectivity index (χ0v) is 11.9. The third-order valence-electron chi connectivity index (χ3n) is 3.50. The van der Waals surface area contributed by atoms with E-state index >= 15 is 0 Å². The van der Waals surface area contributed by atoms with Gasteiger partial charge in [0.05, 0.1) is 4.47 Å². The smallest absolute Gasteiger partial charge is 0.243 e.